The lowest BCUT2D eigenvalue weighted by molar-refractivity contribution is 0.590. The van der Waals surface area contributed by atoms with Crippen molar-refractivity contribution in [1.29, 1.82) is 0 Å². The summed E-state index contributed by atoms with van der Waals surface area (Å²) in [7, 11) is 0. The molecule has 2 N–H and O–H groups in total. The second-order valence-corrected chi connectivity index (χ2v) is 4.51. The molecule has 0 saturated carbocycles. The van der Waals surface area contributed by atoms with Gasteiger partial charge < -0.3 is 5.73 Å². The van der Waals surface area contributed by atoms with Gasteiger partial charge in [0.2, 0.25) is 0 Å². The van der Waals surface area contributed by atoms with Crippen molar-refractivity contribution in [3.8, 4) is 0 Å². The van der Waals surface area contributed by atoms with Crippen molar-refractivity contribution in [1.82, 2.24) is 9.78 Å². The van der Waals surface area contributed by atoms with Crippen LogP contribution in [0.2, 0.25) is 0 Å². The lowest BCUT2D eigenvalue weighted by atomic mass is 10.0. The van der Waals surface area contributed by atoms with Crippen LogP contribution >= 0.6 is 0 Å². The van der Waals surface area contributed by atoms with Gasteiger partial charge in [0.15, 0.2) is 0 Å². The SMILES string of the molecule is CCn1nc(C)cc1C(N)c1ccc(C)c(F)c1. The fraction of sp³-hybridized carbons (Fsp3) is 0.357. The predicted octanol–water partition coefficient (Wildman–Crippen LogP) is 2.71. The summed E-state index contributed by atoms with van der Waals surface area (Å²) < 4.78 is 15.4. The molecule has 0 radical (unpaired) electrons. The Bertz CT molecular complexity index is 560. The van der Waals surface area contributed by atoms with Gasteiger partial charge in [-0.15, -0.1) is 0 Å². The van der Waals surface area contributed by atoms with Gasteiger partial charge in [0.05, 0.1) is 17.4 Å². The molecule has 2 rings (SSSR count). The number of benzene rings is 1. The van der Waals surface area contributed by atoms with Gasteiger partial charge in [-0.25, -0.2) is 4.39 Å². The van der Waals surface area contributed by atoms with Gasteiger partial charge in [-0.1, -0.05) is 12.1 Å². The Hall–Kier alpha value is -1.68. The smallest absolute Gasteiger partial charge is 0.126 e. The van der Waals surface area contributed by atoms with E-state index in [-0.39, 0.29) is 11.9 Å². The number of hydrogen-bond acceptors (Lipinski definition) is 2. The highest BCUT2D eigenvalue weighted by Crippen LogP contribution is 2.22. The van der Waals surface area contributed by atoms with E-state index in [2.05, 4.69) is 5.10 Å². The standard InChI is InChI=1S/C14H18FN3/c1-4-18-13(7-10(3)17-18)14(16)11-6-5-9(2)12(15)8-11/h5-8,14H,4,16H2,1-3H3. The van der Waals surface area contributed by atoms with Crippen LogP contribution in [0.3, 0.4) is 0 Å². The molecule has 1 atom stereocenters. The fourth-order valence-electron chi connectivity index (χ4n) is 2.04. The summed E-state index contributed by atoms with van der Waals surface area (Å²) in [5.74, 6) is -0.220. The van der Waals surface area contributed by atoms with Crippen molar-refractivity contribution in [2.45, 2.75) is 33.4 Å². The number of aromatic nitrogens is 2. The first-order chi connectivity index (χ1) is 8.52. The average molecular weight is 247 g/mol. The first-order valence-corrected chi connectivity index (χ1v) is 6.09. The van der Waals surface area contributed by atoms with E-state index in [1.807, 2.05) is 30.7 Å². The Morgan fingerprint density at radius 1 is 1.33 bits per heavy atom. The highest BCUT2D eigenvalue weighted by molar-refractivity contribution is 5.31. The third-order valence-corrected chi connectivity index (χ3v) is 3.11. The summed E-state index contributed by atoms with van der Waals surface area (Å²) in [6.45, 7) is 6.44. The maximum Gasteiger partial charge on any atom is 0.126 e. The van der Waals surface area contributed by atoms with E-state index in [4.69, 9.17) is 5.73 Å². The van der Waals surface area contributed by atoms with Crippen LogP contribution in [0.4, 0.5) is 4.39 Å². The quantitative estimate of drug-likeness (QED) is 0.906. The lowest BCUT2D eigenvalue weighted by Crippen LogP contribution is -2.17. The van der Waals surface area contributed by atoms with Gasteiger partial charge in [0.1, 0.15) is 5.82 Å². The van der Waals surface area contributed by atoms with Crippen LogP contribution in [0.5, 0.6) is 0 Å². The minimum Gasteiger partial charge on any atom is -0.319 e. The molecule has 1 unspecified atom stereocenters. The number of nitrogens with zero attached hydrogens (tertiary/aromatic N) is 2. The summed E-state index contributed by atoms with van der Waals surface area (Å²) >= 11 is 0. The van der Waals surface area contributed by atoms with Crippen molar-refractivity contribution >= 4 is 0 Å². The van der Waals surface area contributed by atoms with Gasteiger partial charge in [0.25, 0.3) is 0 Å². The summed E-state index contributed by atoms with van der Waals surface area (Å²) in [4.78, 5) is 0. The van der Waals surface area contributed by atoms with E-state index in [1.165, 1.54) is 6.07 Å². The highest BCUT2D eigenvalue weighted by Gasteiger charge is 2.15. The van der Waals surface area contributed by atoms with Gasteiger partial charge in [-0.3, -0.25) is 4.68 Å². The molecule has 1 aromatic heterocycles. The normalized spacial score (nSPS) is 12.7. The zero-order chi connectivity index (χ0) is 13.3. The van der Waals surface area contributed by atoms with Gasteiger partial charge in [0, 0.05) is 6.54 Å². The number of hydrogen-bond donors (Lipinski definition) is 1. The van der Waals surface area contributed by atoms with E-state index < -0.39 is 0 Å². The van der Waals surface area contributed by atoms with Crippen LogP contribution in [0.1, 0.15) is 35.5 Å². The predicted molar refractivity (Wildman–Crippen MR) is 69.8 cm³/mol. The van der Waals surface area contributed by atoms with Crippen molar-refractivity contribution in [2.75, 3.05) is 0 Å². The molecule has 0 amide bonds. The zero-order valence-electron chi connectivity index (χ0n) is 10.9. The molecule has 0 fully saturated rings. The molecule has 1 heterocycles. The lowest BCUT2D eigenvalue weighted by Gasteiger charge is -2.14. The summed E-state index contributed by atoms with van der Waals surface area (Å²) in [5.41, 5.74) is 9.44. The second kappa shape index (κ2) is 4.90. The molecule has 18 heavy (non-hydrogen) atoms. The van der Waals surface area contributed by atoms with Crippen LogP contribution in [-0.2, 0) is 6.54 Å². The number of aryl methyl sites for hydroxylation is 3. The van der Waals surface area contributed by atoms with E-state index in [0.29, 0.717) is 5.56 Å². The molecule has 2 aromatic rings. The van der Waals surface area contributed by atoms with Crippen LogP contribution in [-0.4, -0.2) is 9.78 Å². The largest absolute Gasteiger partial charge is 0.319 e. The monoisotopic (exact) mass is 247 g/mol. The molecular weight excluding hydrogens is 229 g/mol. The topological polar surface area (TPSA) is 43.8 Å². The molecule has 0 aliphatic rings. The Morgan fingerprint density at radius 3 is 2.67 bits per heavy atom. The maximum atomic E-state index is 13.6. The fourth-order valence-corrected chi connectivity index (χ4v) is 2.04. The minimum atomic E-state index is -0.346. The van der Waals surface area contributed by atoms with Crippen LogP contribution in [0, 0.1) is 19.7 Å². The second-order valence-electron chi connectivity index (χ2n) is 4.51. The van der Waals surface area contributed by atoms with Crippen molar-refractivity contribution in [3.63, 3.8) is 0 Å². The van der Waals surface area contributed by atoms with E-state index in [9.17, 15) is 4.39 Å². The molecule has 1 aromatic carbocycles. The third kappa shape index (κ3) is 2.29. The van der Waals surface area contributed by atoms with E-state index in [1.54, 1.807) is 13.0 Å². The first-order valence-electron chi connectivity index (χ1n) is 6.09. The minimum absolute atomic E-state index is 0.220. The van der Waals surface area contributed by atoms with Crippen LogP contribution < -0.4 is 5.73 Å². The van der Waals surface area contributed by atoms with E-state index >= 15 is 0 Å². The Balaban J connectivity index is 2.40. The van der Waals surface area contributed by atoms with Crippen LogP contribution in [0.15, 0.2) is 24.3 Å². The third-order valence-electron chi connectivity index (χ3n) is 3.11. The van der Waals surface area contributed by atoms with Gasteiger partial charge >= 0.3 is 0 Å². The number of halogens is 1. The number of rotatable bonds is 3. The molecule has 0 aliphatic heterocycles. The van der Waals surface area contributed by atoms with E-state index in [0.717, 1.165) is 23.5 Å². The van der Waals surface area contributed by atoms with Gasteiger partial charge in [-0.05, 0) is 44.0 Å². The molecule has 0 spiro atoms. The Kier molecular flexibility index (Phi) is 3.48. The Morgan fingerprint density at radius 2 is 2.06 bits per heavy atom. The molecular formula is C14H18FN3. The van der Waals surface area contributed by atoms with Crippen molar-refractivity contribution in [3.05, 3.63) is 52.6 Å². The first kappa shape index (κ1) is 12.8. The summed E-state index contributed by atoms with van der Waals surface area (Å²) in [6.07, 6.45) is 0. The Labute approximate surface area is 106 Å². The molecule has 0 bridgehead atoms. The zero-order valence-corrected chi connectivity index (χ0v) is 10.9. The number of nitrogens with two attached hydrogens (primary N) is 1. The molecule has 0 saturated heterocycles. The van der Waals surface area contributed by atoms with Crippen LogP contribution in [0.25, 0.3) is 0 Å². The molecule has 4 heteroatoms. The van der Waals surface area contributed by atoms with Crippen molar-refractivity contribution < 1.29 is 4.39 Å². The summed E-state index contributed by atoms with van der Waals surface area (Å²) in [5, 5.41) is 4.36. The molecule has 96 valence electrons. The van der Waals surface area contributed by atoms with Gasteiger partial charge in [-0.2, -0.15) is 5.10 Å². The molecule has 0 aliphatic carbocycles. The maximum absolute atomic E-state index is 13.6. The highest BCUT2D eigenvalue weighted by atomic mass is 19.1. The summed E-state index contributed by atoms with van der Waals surface area (Å²) in [6, 6.07) is 6.73. The van der Waals surface area contributed by atoms with Crippen molar-refractivity contribution in [2.24, 2.45) is 5.73 Å². The average Bonchev–Trinajstić information content (AvgIpc) is 2.73. The molecule has 3 nitrogen and oxygen atoms in total.